The van der Waals surface area contributed by atoms with Crippen molar-refractivity contribution in [2.45, 2.75) is 32.9 Å². The predicted octanol–water partition coefficient (Wildman–Crippen LogP) is 3.60. The smallest absolute Gasteiger partial charge is 0.325 e. The molecule has 1 N–H and O–H groups in total. The van der Waals surface area contributed by atoms with Crippen LogP contribution in [0.5, 0.6) is 0 Å². The summed E-state index contributed by atoms with van der Waals surface area (Å²) in [6.07, 6.45) is 0. The van der Waals surface area contributed by atoms with E-state index in [0.717, 1.165) is 22.3 Å². The molecule has 0 saturated carbocycles. The van der Waals surface area contributed by atoms with Crippen LogP contribution in [-0.2, 0) is 16.9 Å². The lowest BCUT2D eigenvalue weighted by atomic mass is 9.81. The van der Waals surface area contributed by atoms with Gasteiger partial charge in [0, 0.05) is 6.07 Å². The van der Waals surface area contributed by atoms with Crippen LogP contribution >= 0.6 is 0 Å². The molecule has 1 aliphatic rings. The molecule has 1 aromatic heterocycles. The largest absolute Gasteiger partial charge is 0.361 e. The molecule has 0 aliphatic carbocycles. The van der Waals surface area contributed by atoms with E-state index >= 15 is 0 Å². The molecule has 3 amide bonds. The van der Waals surface area contributed by atoms with Crippen molar-refractivity contribution in [3.8, 4) is 0 Å². The monoisotopic (exact) mass is 375 g/mol. The second-order valence-electron chi connectivity index (χ2n) is 7.17. The minimum Gasteiger partial charge on any atom is -0.361 e. The Bertz CT molecular complexity index is 1060. The first kappa shape index (κ1) is 18.0. The van der Waals surface area contributed by atoms with Gasteiger partial charge in [0.1, 0.15) is 11.5 Å². The Morgan fingerprint density at radius 1 is 0.964 bits per heavy atom. The zero-order valence-electron chi connectivity index (χ0n) is 16.0. The number of hydrogen-bond acceptors (Lipinski definition) is 4. The van der Waals surface area contributed by atoms with Gasteiger partial charge in [-0.15, -0.1) is 0 Å². The van der Waals surface area contributed by atoms with Crippen LogP contribution in [0.15, 0.2) is 59.1 Å². The van der Waals surface area contributed by atoms with Crippen LogP contribution in [0, 0.1) is 20.8 Å². The Balaban J connectivity index is 1.83. The van der Waals surface area contributed by atoms with Gasteiger partial charge in [-0.3, -0.25) is 9.69 Å². The third-order valence-electron chi connectivity index (χ3n) is 5.25. The van der Waals surface area contributed by atoms with Gasteiger partial charge in [0.25, 0.3) is 5.91 Å². The Morgan fingerprint density at radius 2 is 1.71 bits per heavy atom. The van der Waals surface area contributed by atoms with Crippen molar-refractivity contribution in [2.24, 2.45) is 0 Å². The average molecular weight is 375 g/mol. The van der Waals surface area contributed by atoms with E-state index in [1.165, 1.54) is 4.90 Å². The second-order valence-corrected chi connectivity index (χ2v) is 7.17. The molecule has 0 spiro atoms. The Kier molecular flexibility index (Phi) is 4.26. The zero-order chi connectivity index (χ0) is 19.9. The fraction of sp³-hybridized carbons (Fsp3) is 0.227. The van der Waals surface area contributed by atoms with Crippen LogP contribution in [0.2, 0.25) is 0 Å². The highest BCUT2D eigenvalue weighted by Gasteiger charge is 2.53. The van der Waals surface area contributed by atoms with Crippen LogP contribution in [0.25, 0.3) is 0 Å². The molecule has 28 heavy (non-hydrogen) atoms. The number of carbonyl (C=O) groups is 2. The van der Waals surface area contributed by atoms with Crippen molar-refractivity contribution in [1.82, 2.24) is 15.4 Å². The van der Waals surface area contributed by atoms with Crippen molar-refractivity contribution in [1.29, 1.82) is 0 Å². The molecule has 1 fully saturated rings. The molecule has 6 nitrogen and oxygen atoms in total. The second kappa shape index (κ2) is 6.64. The van der Waals surface area contributed by atoms with Crippen molar-refractivity contribution in [3.63, 3.8) is 0 Å². The molecule has 4 rings (SSSR count). The molecule has 0 bridgehead atoms. The Morgan fingerprint density at radius 3 is 2.36 bits per heavy atom. The summed E-state index contributed by atoms with van der Waals surface area (Å²) in [5, 5.41) is 6.87. The standard InChI is InChI=1S/C22H21N3O3/c1-14-9-10-18(11-15(14)2)22(17-7-5-4-6-8-17)20(26)25(21(27)23-22)13-19-12-16(3)28-24-19/h4-12H,13H2,1-3H3,(H,23,27)/t22-/m0/s1. The number of nitrogens with zero attached hydrogens (tertiary/aromatic N) is 2. The van der Waals surface area contributed by atoms with Crippen LogP contribution in [-0.4, -0.2) is 22.0 Å². The van der Waals surface area contributed by atoms with Gasteiger partial charge in [0.15, 0.2) is 5.54 Å². The van der Waals surface area contributed by atoms with Gasteiger partial charge in [0.05, 0.1) is 6.54 Å². The first-order valence-corrected chi connectivity index (χ1v) is 9.11. The van der Waals surface area contributed by atoms with Crippen LogP contribution in [0.3, 0.4) is 0 Å². The summed E-state index contributed by atoms with van der Waals surface area (Å²) in [4.78, 5) is 27.7. The molecule has 1 aliphatic heterocycles. The molecular formula is C22H21N3O3. The van der Waals surface area contributed by atoms with Crippen molar-refractivity contribution >= 4 is 11.9 Å². The molecule has 1 atom stereocenters. The number of benzene rings is 2. The summed E-state index contributed by atoms with van der Waals surface area (Å²) >= 11 is 0. The van der Waals surface area contributed by atoms with E-state index in [4.69, 9.17) is 4.52 Å². The van der Waals surface area contributed by atoms with Crippen molar-refractivity contribution in [3.05, 3.63) is 88.3 Å². The van der Waals surface area contributed by atoms with Gasteiger partial charge in [-0.1, -0.05) is 53.7 Å². The number of urea groups is 1. The van der Waals surface area contributed by atoms with Crippen LogP contribution < -0.4 is 5.32 Å². The number of carbonyl (C=O) groups excluding carboxylic acids is 2. The van der Waals surface area contributed by atoms with E-state index in [9.17, 15) is 9.59 Å². The normalized spacial score (nSPS) is 19.2. The summed E-state index contributed by atoms with van der Waals surface area (Å²) < 4.78 is 5.08. The van der Waals surface area contributed by atoms with E-state index < -0.39 is 11.6 Å². The summed E-state index contributed by atoms with van der Waals surface area (Å²) in [7, 11) is 0. The van der Waals surface area contributed by atoms with Crippen molar-refractivity contribution in [2.75, 3.05) is 0 Å². The topological polar surface area (TPSA) is 75.4 Å². The molecule has 1 saturated heterocycles. The maximum Gasteiger partial charge on any atom is 0.325 e. The van der Waals surface area contributed by atoms with Crippen LogP contribution in [0.1, 0.15) is 33.7 Å². The van der Waals surface area contributed by atoms with Gasteiger partial charge < -0.3 is 9.84 Å². The predicted molar refractivity (Wildman–Crippen MR) is 103 cm³/mol. The van der Waals surface area contributed by atoms with Crippen molar-refractivity contribution < 1.29 is 14.1 Å². The fourth-order valence-corrected chi connectivity index (χ4v) is 3.59. The van der Waals surface area contributed by atoms with Gasteiger partial charge in [-0.25, -0.2) is 4.79 Å². The van der Waals surface area contributed by atoms with E-state index in [1.54, 1.807) is 13.0 Å². The molecular weight excluding hydrogens is 354 g/mol. The maximum atomic E-state index is 13.6. The number of amides is 3. The highest BCUT2D eigenvalue weighted by molar-refractivity contribution is 6.09. The highest BCUT2D eigenvalue weighted by atomic mass is 16.5. The molecule has 2 aromatic carbocycles. The lowest BCUT2D eigenvalue weighted by Crippen LogP contribution is -2.45. The van der Waals surface area contributed by atoms with Gasteiger partial charge >= 0.3 is 6.03 Å². The third-order valence-corrected chi connectivity index (χ3v) is 5.25. The van der Waals surface area contributed by atoms with Crippen LogP contribution in [0.4, 0.5) is 4.79 Å². The molecule has 3 aromatic rings. The number of aryl methyl sites for hydroxylation is 3. The minimum absolute atomic E-state index is 0.0570. The molecule has 6 heteroatoms. The molecule has 142 valence electrons. The number of nitrogens with one attached hydrogen (secondary N) is 1. The lowest BCUT2D eigenvalue weighted by Gasteiger charge is -2.28. The van der Waals surface area contributed by atoms with Gasteiger partial charge in [-0.05, 0) is 43.0 Å². The summed E-state index contributed by atoms with van der Waals surface area (Å²) in [5.41, 5.74) is 2.90. The zero-order valence-corrected chi connectivity index (χ0v) is 16.0. The highest BCUT2D eigenvalue weighted by Crippen LogP contribution is 2.37. The van der Waals surface area contributed by atoms with E-state index in [2.05, 4.69) is 10.5 Å². The Labute approximate surface area is 163 Å². The van der Waals surface area contributed by atoms with E-state index in [-0.39, 0.29) is 12.5 Å². The first-order valence-electron chi connectivity index (χ1n) is 9.11. The lowest BCUT2D eigenvalue weighted by molar-refractivity contribution is -0.130. The molecule has 2 heterocycles. The minimum atomic E-state index is -1.27. The number of aromatic nitrogens is 1. The maximum absolute atomic E-state index is 13.6. The summed E-state index contributed by atoms with van der Waals surface area (Å²) in [6, 6.07) is 16.4. The number of rotatable bonds is 4. The quantitative estimate of drug-likeness (QED) is 0.707. The summed E-state index contributed by atoms with van der Waals surface area (Å²) in [5.74, 6) is 0.304. The van der Waals surface area contributed by atoms with E-state index in [1.807, 2.05) is 62.4 Å². The third kappa shape index (κ3) is 2.78. The summed E-state index contributed by atoms with van der Waals surface area (Å²) in [6.45, 7) is 5.84. The average Bonchev–Trinajstić information content (AvgIpc) is 3.21. The number of hydrogen-bond donors (Lipinski definition) is 1. The van der Waals surface area contributed by atoms with Gasteiger partial charge in [-0.2, -0.15) is 0 Å². The molecule has 0 radical (unpaired) electrons. The number of imide groups is 1. The first-order chi connectivity index (χ1) is 13.4. The van der Waals surface area contributed by atoms with E-state index in [0.29, 0.717) is 11.5 Å². The SMILES string of the molecule is Cc1cc(CN2C(=O)N[C@@](c3ccccc3)(c3ccc(C)c(C)c3)C2=O)no1. The Hall–Kier alpha value is -3.41. The fourth-order valence-electron chi connectivity index (χ4n) is 3.59. The molecule has 0 unspecified atom stereocenters. The van der Waals surface area contributed by atoms with Gasteiger partial charge in [0.2, 0.25) is 0 Å².